The van der Waals surface area contributed by atoms with Crippen molar-refractivity contribution in [2.45, 2.75) is 71.3 Å². The van der Waals surface area contributed by atoms with E-state index >= 15 is 0 Å². The molecule has 0 unspecified atom stereocenters. The van der Waals surface area contributed by atoms with Gasteiger partial charge in [0.15, 0.2) is 0 Å². The Bertz CT molecular complexity index is 2250. The fraction of sp³-hybridized carbons (Fsp3) is 0.413. The zero-order valence-electron chi connectivity index (χ0n) is 33.4. The van der Waals surface area contributed by atoms with E-state index in [4.69, 9.17) is 30.5 Å². The number of esters is 2. The predicted molar refractivity (Wildman–Crippen MR) is 219 cm³/mol. The molecule has 2 aliphatic heterocycles. The van der Waals surface area contributed by atoms with E-state index in [2.05, 4.69) is 0 Å². The highest BCUT2D eigenvalue weighted by atomic mass is 35.5. The molecule has 6 aliphatic rings. The molecule has 59 heavy (non-hydrogen) atoms. The highest BCUT2D eigenvalue weighted by Crippen LogP contribution is 2.58. The van der Waals surface area contributed by atoms with Gasteiger partial charge in [0.05, 0.1) is 42.2 Å². The first-order chi connectivity index (χ1) is 28.4. The Kier molecular flexibility index (Phi) is 11.1. The lowest BCUT2D eigenvalue weighted by Crippen LogP contribution is -2.63. The lowest BCUT2D eigenvalue weighted by Gasteiger charge is -2.51. The standard InChI is InChI=1S/C46H47ClN2O10/c1-24-37(42(48-41(24)38(25(2)50)45(48)52)46(53)59-23-27-7-13-34(14-8-27)49(54)55)30-9-5-26(6-10-30)22-58-43-31(12-16-36(51)56-3)11-15-35(40(43)47)44(57-4)39-32-18-28-17-29(20-32)21-33(39)19-28/h5-16,24-25,28-29,32-33,38,41,50H,17-23H2,1-4H3/b16-12+,44-39?/t24-,25+,28?,29?,32-,33-,38+,41+/m0/s1. The van der Waals surface area contributed by atoms with Gasteiger partial charge in [-0.25, -0.2) is 9.59 Å². The number of carbonyl (C=O) groups excluding carboxylic acids is 3. The minimum atomic E-state index is -0.913. The van der Waals surface area contributed by atoms with Gasteiger partial charge in [0.25, 0.3) is 5.69 Å². The van der Waals surface area contributed by atoms with E-state index < -0.39 is 34.9 Å². The second-order valence-electron chi connectivity index (χ2n) is 16.5. The van der Waals surface area contributed by atoms with Crippen LogP contribution in [-0.4, -0.2) is 59.1 Å². The van der Waals surface area contributed by atoms with Gasteiger partial charge in [0, 0.05) is 35.3 Å². The number of hydrogen-bond acceptors (Lipinski definition) is 10. The summed E-state index contributed by atoms with van der Waals surface area (Å²) in [7, 11) is 3.01. The molecule has 4 saturated carbocycles. The van der Waals surface area contributed by atoms with Gasteiger partial charge in [-0.3, -0.25) is 14.9 Å². The normalized spacial score (nSPS) is 25.8. The van der Waals surface area contributed by atoms with Gasteiger partial charge in [-0.2, -0.15) is 0 Å². The van der Waals surface area contributed by atoms with Gasteiger partial charge in [-0.05, 0) is 115 Å². The monoisotopic (exact) mass is 822 g/mol. The highest BCUT2D eigenvalue weighted by Gasteiger charge is 2.60. The smallest absolute Gasteiger partial charge is 0.355 e. The van der Waals surface area contributed by atoms with Gasteiger partial charge in [-0.15, -0.1) is 0 Å². The summed E-state index contributed by atoms with van der Waals surface area (Å²) < 4.78 is 23.2. The number of non-ortho nitro benzene ring substituents is 1. The van der Waals surface area contributed by atoms with Crippen molar-refractivity contribution in [3.8, 4) is 5.75 Å². The predicted octanol–water partition coefficient (Wildman–Crippen LogP) is 8.14. The highest BCUT2D eigenvalue weighted by molar-refractivity contribution is 6.34. The molecule has 2 heterocycles. The summed E-state index contributed by atoms with van der Waals surface area (Å²) >= 11 is 7.24. The first-order valence-electron chi connectivity index (χ1n) is 20.1. The first-order valence-corrected chi connectivity index (χ1v) is 20.5. The number of nitrogens with zero attached hydrogens (tertiary/aromatic N) is 2. The Balaban J connectivity index is 1.07. The van der Waals surface area contributed by atoms with Gasteiger partial charge >= 0.3 is 11.9 Å². The van der Waals surface area contributed by atoms with Crippen molar-refractivity contribution in [3.63, 3.8) is 0 Å². The molecule has 3 aromatic rings. The van der Waals surface area contributed by atoms with E-state index in [1.165, 1.54) is 80.0 Å². The van der Waals surface area contributed by atoms with Crippen LogP contribution in [0.25, 0.3) is 17.4 Å². The quantitative estimate of drug-likeness (QED) is 0.0446. The molecule has 13 heteroatoms. The van der Waals surface area contributed by atoms with Crippen LogP contribution >= 0.6 is 11.6 Å². The van der Waals surface area contributed by atoms with Gasteiger partial charge in [0.1, 0.15) is 30.4 Å². The van der Waals surface area contributed by atoms with E-state index in [0.29, 0.717) is 44.9 Å². The maximum absolute atomic E-state index is 13.8. The molecule has 1 amide bonds. The van der Waals surface area contributed by atoms with Gasteiger partial charge in [-0.1, -0.05) is 48.9 Å². The fourth-order valence-electron chi connectivity index (χ4n) is 10.5. The molecule has 9 rings (SSSR count). The van der Waals surface area contributed by atoms with Crippen LogP contribution in [0.15, 0.2) is 78.0 Å². The Morgan fingerprint density at radius 1 is 0.932 bits per heavy atom. The Hall–Kier alpha value is -5.46. The number of fused-ring (bicyclic) bond motifs is 1. The largest absolute Gasteiger partial charge is 0.496 e. The summed E-state index contributed by atoms with van der Waals surface area (Å²) in [5.41, 5.74) is 5.39. The average Bonchev–Trinajstić information content (AvgIpc) is 3.47. The summed E-state index contributed by atoms with van der Waals surface area (Å²) in [6.07, 6.45) is 8.09. The number of amides is 1. The van der Waals surface area contributed by atoms with Crippen LogP contribution in [-0.2, 0) is 41.8 Å². The van der Waals surface area contributed by atoms with Crippen molar-refractivity contribution in [3.05, 3.63) is 121 Å². The summed E-state index contributed by atoms with van der Waals surface area (Å²) in [6.45, 7) is 3.46. The number of hydrogen-bond donors (Lipinski definition) is 1. The number of β-lactam (4-membered cyclic amide) rings is 1. The number of carbonyl (C=O) groups is 3. The third kappa shape index (κ3) is 7.41. The molecule has 4 bridgehead atoms. The second kappa shape index (κ2) is 16.3. The Morgan fingerprint density at radius 3 is 2.15 bits per heavy atom. The number of halogens is 1. The molecular formula is C46H47ClN2O10. The van der Waals surface area contributed by atoms with Crippen LogP contribution in [0.5, 0.6) is 5.75 Å². The number of aliphatic hydroxyl groups is 1. The van der Waals surface area contributed by atoms with Gasteiger partial charge in [0.2, 0.25) is 5.91 Å². The fourth-order valence-corrected chi connectivity index (χ4v) is 10.8. The van der Waals surface area contributed by atoms with Crippen molar-refractivity contribution in [2.24, 2.45) is 35.5 Å². The zero-order chi connectivity index (χ0) is 41.7. The molecular weight excluding hydrogens is 776 g/mol. The van der Waals surface area contributed by atoms with Crippen LogP contribution in [0.3, 0.4) is 0 Å². The molecule has 3 aromatic carbocycles. The summed E-state index contributed by atoms with van der Waals surface area (Å²) in [4.78, 5) is 51.3. The number of aliphatic hydroxyl groups excluding tert-OH is 1. The van der Waals surface area contributed by atoms with E-state index in [1.807, 2.05) is 43.3 Å². The molecule has 0 aromatic heterocycles. The number of methoxy groups -OCH3 is 2. The van der Waals surface area contributed by atoms with E-state index in [-0.39, 0.29) is 36.4 Å². The number of nitro groups is 1. The number of allylic oxidation sites excluding steroid dienone is 1. The van der Waals surface area contributed by atoms with Crippen molar-refractivity contribution < 1.29 is 43.4 Å². The number of nitro benzene ring substituents is 1. The van der Waals surface area contributed by atoms with Crippen LogP contribution < -0.4 is 4.74 Å². The van der Waals surface area contributed by atoms with Crippen molar-refractivity contribution in [1.29, 1.82) is 0 Å². The molecule has 4 atom stereocenters. The molecule has 0 spiro atoms. The Labute approximate surface area is 347 Å². The Morgan fingerprint density at radius 2 is 1.56 bits per heavy atom. The molecule has 1 saturated heterocycles. The maximum Gasteiger partial charge on any atom is 0.355 e. The molecule has 308 valence electrons. The topological polar surface area (TPSA) is 155 Å². The summed E-state index contributed by atoms with van der Waals surface area (Å²) in [5, 5.41) is 22.0. The number of ether oxygens (including phenoxy) is 4. The maximum atomic E-state index is 13.8. The van der Waals surface area contributed by atoms with E-state index in [9.17, 15) is 29.6 Å². The summed E-state index contributed by atoms with van der Waals surface area (Å²) in [5.74, 6) is 1.17. The average molecular weight is 823 g/mol. The number of benzene rings is 3. The van der Waals surface area contributed by atoms with Crippen LogP contribution in [0.1, 0.15) is 73.8 Å². The minimum absolute atomic E-state index is 0.0837. The SMILES string of the molecule is COC(=O)/C=C/c1ccc(C(OC)=C2[C@H]3CC4CC(C3)C[C@@H]2C4)c(Cl)c1OCc1ccc(C2=C(C(=O)OCc3ccc([N+](=O)[O-])cc3)N3C(=O)[C@H]([C@@H](C)O)[C@H]3[C@H]2C)cc1. The molecule has 4 aliphatic carbocycles. The third-order valence-corrected chi connectivity index (χ3v) is 13.4. The van der Waals surface area contributed by atoms with Gasteiger partial charge < -0.3 is 29.0 Å². The van der Waals surface area contributed by atoms with Crippen LogP contribution in [0.4, 0.5) is 5.69 Å². The van der Waals surface area contributed by atoms with Crippen LogP contribution in [0.2, 0.25) is 5.02 Å². The zero-order valence-corrected chi connectivity index (χ0v) is 34.1. The number of rotatable bonds is 13. The molecule has 5 fully saturated rings. The minimum Gasteiger partial charge on any atom is -0.496 e. The van der Waals surface area contributed by atoms with Crippen LogP contribution in [0, 0.1) is 45.6 Å². The van der Waals surface area contributed by atoms with Crippen molar-refractivity contribution >= 4 is 52.5 Å². The molecule has 0 radical (unpaired) electrons. The van der Waals surface area contributed by atoms with E-state index in [0.717, 1.165) is 28.7 Å². The lowest BCUT2D eigenvalue weighted by molar-refractivity contribution is -0.384. The first kappa shape index (κ1) is 40.3. The van der Waals surface area contributed by atoms with Crippen molar-refractivity contribution in [2.75, 3.05) is 14.2 Å². The third-order valence-electron chi connectivity index (χ3n) is 13.0. The van der Waals surface area contributed by atoms with Crippen molar-refractivity contribution in [1.82, 2.24) is 4.90 Å². The van der Waals surface area contributed by atoms with E-state index in [1.54, 1.807) is 20.1 Å². The molecule has 1 N–H and O–H groups in total. The lowest BCUT2D eigenvalue weighted by atomic mass is 9.54. The summed E-state index contributed by atoms with van der Waals surface area (Å²) in [6, 6.07) is 16.5. The second-order valence-corrected chi connectivity index (χ2v) is 16.9. The molecule has 12 nitrogen and oxygen atoms in total.